The van der Waals surface area contributed by atoms with Crippen LogP contribution in [0.2, 0.25) is 0 Å². The quantitative estimate of drug-likeness (QED) is 0.256. The summed E-state index contributed by atoms with van der Waals surface area (Å²) in [6.07, 6.45) is 0. The maximum atomic E-state index is 13.6. The van der Waals surface area contributed by atoms with Crippen LogP contribution in [0.25, 0.3) is 16.9 Å². The van der Waals surface area contributed by atoms with E-state index < -0.39 is 5.91 Å². The maximum absolute atomic E-state index is 13.6. The molecule has 10 nitrogen and oxygen atoms in total. The zero-order valence-corrected chi connectivity index (χ0v) is 21.7. The van der Waals surface area contributed by atoms with E-state index in [0.717, 1.165) is 5.56 Å². The van der Waals surface area contributed by atoms with Crippen LogP contribution >= 0.6 is 0 Å². The average molecular weight is 517 g/mol. The van der Waals surface area contributed by atoms with Gasteiger partial charge in [-0.05, 0) is 43.3 Å². The van der Waals surface area contributed by atoms with Crippen molar-refractivity contribution in [1.82, 2.24) is 15.2 Å². The summed E-state index contributed by atoms with van der Waals surface area (Å²) in [6, 6.07) is 19.5. The van der Waals surface area contributed by atoms with Gasteiger partial charge in [0.15, 0.2) is 11.5 Å². The van der Waals surface area contributed by atoms with E-state index in [2.05, 4.69) is 15.6 Å². The van der Waals surface area contributed by atoms with Crippen molar-refractivity contribution in [2.24, 2.45) is 5.10 Å². The minimum Gasteiger partial charge on any atom is -0.497 e. The van der Waals surface area contributed by atoms with E-state index in [1.54, 1.807) is 38.3 Å². The van der Waals surface area contributed by atoms with Crippen LogP contribution < -0.4 is 29.9 Å². The zero-order chi connectivity index (χ0) is 27.2. The Hall–Kier alpha value is -4.99. The Labute approximate surface area is 219 Å². The molecule has 0 saturated carbocycles. The van der Waals surface area contributed by atoms with Crippen LogP contribution in [0.5, 0.6) is 23.0 Å². The molecule has 196 valence electrons. The third kappa shape index (κ3) is 5.10. The number of nitrogens with one attached hydrogen (secondary N) is 2. The van der Waals surface area contributed by atoms with Crippen molar-refractivity contribution in [2.45, 2.75) is 6.92 Å². The van der Waals surface area contributed by atoms with Crippen molar-refractivity contribution >= 4 is 11.6 Å². The van der Waals surface area contributed by atoms with Gasteiger partial charge < -0.3 is 18.9 Å². The highest BCUT2D eigenvalue weighted by molar-refractivity contribution is 6.04. The summed E-state index contributed by atoms with van der Waals surface area (Å²) in [5.74, 6) is 1.18. The molecule has 1 amide bonds. The topological polar surface area (TPSA) is 116 Å². The summed E-state index contributed by atoms with van der Waals surface area (Å²) in [7, 11) is 5.99. The van der Waals surface area contributed by atoms with Gasteiger partial charge in [0.25, 0.3) is 11.5 Å². The minimum absolute atomic E-state index is 0.240. The first-order chi connectivity index (χ1) is 18.4. The highest BCUT2D eigenvalue weighted by Crippen LogP contribution is 2.38. The standard InChI is InChI=1S/C28H28N4O6/c1-17(29-30-27(33)19-15-22(36-3)26(38-5)23(16-19)37-4)24-25(18-9-7-6-8-10-18)31-32(28(24)34)20-11-13-21(35-2)14-12-20/h6-16,31H,1-5H3,(H,30,33)/b29-17+. The molecule has 0 aliphatic heterocycles. The van der Waals surface area contributed by atoms with Crippen molar-refractivity contribution in [3.8, 4) is 39.9 Å². The lowest BCUT2D eigenvalue weighted by molar-refractivity contribution is 0.0954. The van der Waals surface area contributed by atoms with Crippen molar-refractivity contribution in [3.63, 3.8) is 0 Å². The molecular formula is C28H28N4O6. The highest BCUT2D eigenvalue weighted by Gasteiger charge is 2.21. The van der Waals surface area contributed by atoms with Gasteiger partial charge in [0, 0.05) is 11.1 Å². The zero-order valence-electron chi connectivity index (χ0n) is 21.7. The van der Waals surface area contributed by atoms with Gasteiger partial charge >= 0.3 is 0 Å². The monoisotopic (exact) mass is 516 g/mol. The Bertz CT molecular complexity index is 1500. The molecule has 0 spiro atoms. The summed E-state index contributed by atoms with van der Waals surface area (Å²) in [5, 5.41) is 7.44. The van der Waals surface area contributed by atoms with E-state index >= 15 is 0 Å². The van der Waals surface area contributed by atoms with Crippen molar-refractivity contribution in [1.29, 1.82) is 0 Å². The number of hydrogen-bond acceptors (Lipinski definition) is 7. The lowest BCUT2D eigenvalue weighted by Crippen LogP contribution is -2.23. The highest BCUT2D eigenvalue weighted by atomic mass is 16.5. The van der Waals surface area contributed by atoms with E-state index in [1.165, 1.54) is 38.1 Å². The molecular weight excluding hydrogens is 488 g/mol. The van der Waals surface area contributed by atoms with Crippen LogP contribution in [0.3, 0.4) is 0 Å². The molecule has 0 saturated heterocycles. The number of rotatable bonds is 9. The summed E-state index contributed by atoms with van der Waals surface area (Å²) in [5.41, 5.74) is 5.05. The number of aromatic amines is 1. The molecule has 0 atom stereocenters. The Kier molecular flexibility index (Phi) is 7.81. The molecule has 0 bridgehead atoms. The van der Waals surface area contributed by atoms with Crippen LogP contribution in [0.1, 0.15) is 22.8 Å². The number of carbonyl (C=O) groups is 1. The van der Waals surface area contributed by atoms with E-state index in [4.69, 9.17) is 18.9 Å². The number of amides is 1. The normalized spacial score (nSPS) is 11.1. The van der Waals surface area contributed by atoms with Gasteiger partial charge in [-0.1, -0.05) is 30.3 Å². The molecule has 1 heterocycles. The van der Waals surface area contributed by atoms with E-state index in [1.807, 2.05) is 30.3 Å². The molecule has 0 unspecified atom stereocenters. The number of nitrogens with zero attached hydrogens (tertiary/aromatic N) is 2. The maximum Gasteiger partial charge on any atom is 0.281 e. The van der Waals surface area contributed by atoms with Crippen LogP contribution in [-0.4, -0.2) is 49.8 Å². The molecule has 3 aromatic carbocycles. The fourth-order valence-corrected chi connectivity index (χ4v) is 3.97. The smallest absolute Gasteiger partial charge is 0.281 e. The molecule has 0 aliphatic rings. The molecule has 38 heavy (non-hydrogen) atoms. The van der Waals surface area contributed by atoms with Gasteiger partial charge in [-0.15, -0.1) is 0 Å². The van der Waals surface area contributed by atoms with Crippen molar-refractivity contribution in [3.05, 3.63) is 88.2 Å². The fourth-order valence-electron chi connectivity index (χ4n) is 3.97. The number of hydrazone groups is 1. The molecule has 0 fully saturated rings. The third-order valence-electron chi connectivity index (χ3n) is 5.90. The van der Waals surface area contributed by atoms with Gasteiger partial charge in [-0.3, -0.25) is 14.7 Å². The second kappa shape index (κ2) is 11.4. The number of benzene rings is 3. The first-order valence-corrected chi connectivity index (χ1v) is 11.6. The SMILES string of the molecule is COc1ccc(-n2[nH]c(-c3ccccc3)c(/C(C)=N/NC(=O)c3cc(OC)c(OC)c(OC)c3)c2=O)cc1. The molecule has 2 N–H and O–H groups in total. The van der Waals surface area contributed by atoms with Crippen molar-refractivity contribution in [2.75, 3.05) is 28.4 Å². The lowest BCUT2D eigenvalue weighted by atomic mass is 10.1. The molecule has 1 aromatic heterocycles. The van der Waals surface area contributed by atoms with Crippen LogP contribution in [-0.2, 0) is 0 Å². The van der Waals surface area contributed by atoms with Gasteiger partial charge in [0.2, 0.25) is 5.75 Å². The number of carbonyl (C=O) groups excluding carboxylic acids is 1. The third-order valence-corrected chi connectivity index (χ3v) is 5.90. The lowest BCUT2D eigenvalue weighted by Gasteiger charge is -2.13. The van der Waals surface area contributed by atoms with Gasteiger partial charge in [-0.2, -0.15) is 5.10 Å². The summed E-state index contributed by atoms with van der Waals surface area (Å²) >= 11 is 0. The first kappa shape index (κ1) is 26.1. The Balaban J connectivity index is 1.73. The number of H-pyrrole nitrogens is 1. The number of ether oxygens (including phenoxy) is 4. The van der Waals surface area contributed by atoms with E-state index in [9.17, 15) is 9.59 Å². The Morgan fingerprint density at radius 1 is 0.868 bits per heavy atom. The van der Waals surface area contributed by atoms with Crippen LogP contribution in [0.4, 0.5) is 0 Å². The van der Waals surface area contributed by atoms with E-state index in [0.29, 0.717) is 45.7 Å². The Morgan fingerprint density at radius 2 is 1.50 bits per heavy atom. The minimum atomic E-state index is -0.518. The van der Waals surface area contributed by atoms with Gasteiger partial charge in [0.05, 0.1) is 51.1 Å². The average Bonchev–Trinajstić information content (AvgIpc) is 3.32. The fraction of sp³-hybridized carbons (Fsp3) is 0.179. The predicted octanol–water partition coefficient (Wildman–Crippen LogP) is 4.02. The Morgan fingerprint density at radius 3 is 2.05 bits per heavy atom. The number of methoxy groups -OCH3 is 4. The van der Waals surface area contributed by atoms with Crippen LogP contribution in [0.15, 0.2) is 76.6 Å². The van der Waals surface area contributed by atoms with Gasteiger partial charge in [-0.25, -0.2) is 10.1 Å². The molecule has 0 radical (unpaired) electrons. The van der Waals surface area contributed by atoms with E-state index in [-0.39, 0.29) is 11.1 Å². The second-order valence-electron chi connectivity index (χ2n) is 8.12. The second-order valence-corrected chi connectivity index (χ2v) is 8.12. The summed E-state index contributed by atoms with van der Waals surface area (Å²) < 4.78 is 22.6. The number of aromatic nitrogens is 2. The van der Waals surface area contributed by atoms with Gasteiger partial charge in [0.1, 0.15) is 5.75 Å². The largest absolute Gasteiger partial charge is 0.497 e. The first-order valence-electron chi connectivity index (χ1n) is 11.6. The summed E-state index contributed by atoms with van der Waals surface area (Å²) in [6.45, 7) is 1.66. The van der Waals surface area contributed by atoms with Crippen molar-refractivity contribution < 1.29 is 23.7 Å². The summed E-state index contributed by atoms with van der Waals surface area (Å²) in [4.78, 5) is 26.5. The van der Waals surface area contributed by atoms with Crippen LogP contribution in [0, 0.1) is 0 Å². The molecule has 4 rings (SSSR count). The number of hydrogen-bond donors (Lipinski definition) is 2. The molecule has 10 heteroatoms. The predicted molar refractivity (Wildman–Crippen MR) is 144 cm³/mol. The molecule has 0 aliphatic carbocycles. The molecule has 4 aromatic rings.